The van der Waals surface area contributed by atoms with Crippen LogP contribution in [0.4, 0.5) is 0 Å². The Hall–Kier alpha value is -1.17. The van der Waals surface area contributed by atoms with E-state index in [1.807, 2.05) is 44.2 Å². The van der Waals surface area contributed by atoms with Crippen molar-refractivity contribution in [3.63, 3.8) is 0 Å². The minimum Gasteiger partial charge on any atom is -0.380 e. The van der Waals surface area contributed by atoms with E-state index >= 15 is 0 Å². The molecule has 0 unspecified atom stereocenters. The molecular weight excluding hydrogens is 262 g/mol. The van der Waals surface area contributed by atoms with Crippen LogP contribution in [0.25, 0.3) is 6.08 Å². The number of benzene rings is 1. The number of hydrogen-bond donors (Lipinski definition) is 1. The van der Waals surface area contributed by atoms with Crippen molar-refractivity contribution in [2.24, 2.45) is 5.92 Å². The Balaban J connectivity index is 2.60. The number of rotatable bonds is 7. The zero-order valence-corrected chi connectivity index (χ0v) is 12.4. The normalized spacial score (nSPS) is 14.1. The highest BCUT2D eigenvalue weighted by Crippen LogP contribution is 2.06. The summed E-state index contributed by atoms with van der Waals surface area (Å²) in [6.45, 7) is 4.25. The highest BCUT2D eigenvalue weighted by atomic mass is 32.2. The fourth-order valence-corrected chi connectivity index (χ4v) is 2.40. The van der Waals surface area contributed by atoms with Crippen LogP contribution in [-0.4, -0.2) is 28.2 Å². The third-order valence-electron chi connectivity index (χ3n) is 2.77. The van der Waals surface area contributed by atoms with Gasteiger partial charge in [0.2, 0.25) is 10.0 Å². The van der Waals surface area contributed by atoms with E-state index in [2.05, 4.69) is 4.72 Å². The maximum Gasteiger partial charge on any atom is 0.233 e. The molecule has 106 valence electrons. The fraction of sp³-hybridized carbons (Fsp3) is 0.429. The molecule has 0 aliphatic rings. The zero-order valence-electron chi connectivity index (χ0n) is 11.5. The van der Waals surface area contributed by atoms with Gasteiger partial charge < -0.3 is 4.74 Å². The van der Waals surface area contributed by atoms with Crippen LogP contribution in [-0.2, 0) is 14.8 Å². The first-order valence-electron chi connectivity index (χ1n) is 6.20. The smallest absolute Gasteiger partial charge is 0.233 e. The van der Waals surface area contributed by atoms with Gasteiger partial charge in [0.05, 0.1) is 6.10 Å². The average molecular weight is 283 g/mol. The molecule has 1 aromatic rings. The Morgan fingerprint density at radius 1 is 1.26 bits per heavy atom. The van der Waals surface area contributed by atoms with Crippen LogP contribution in [0.5, 0.6) is 0 Å². The molecule has 0 saturated heterocycles. The number of sulfonamides is 1. The van der Waals surface area contributed by atoms with Crippen LogP contribution in [0, 0.1) is 5.92 Å². The Morgan fingerprint density at radius 2 is 1.89 bits per heavy atom. The van der Waals surface area contributed by atoms with E-state index in [-0.39, 0.29) is 18.6 Å². The van der Waals surface area contributed by atoms with Crippen molar-refractivity contribution in [3.05, 3.63) is 41.3 Å². The molecule has 4 nitrogen and oxygen atoms in total. The van der Waals surface area contributed by atoms with Gasteiger partial charge in [0, 0.05) is 19.1 Å². The van der Waals surface area contributed by atoms with Crippen molar-refractivity contribution < 1.29 is 13.2 Å². The predicted octanol–water partition coefficient (Wildman–Crippen LogP) is 2.25. The van der Waals surface area contributed by atoms with Crippen LogP contribution in [0.3, 0.4) is 0 Å². The van der Waals surface area contributed by atoms with Gasteiger partial charge in [0.1, 0.15) is 0 Å². The van der Waals surface area contributed by atoms with Crippen molar-refractivity contribution in [3.8, 4) is 0 Å². The summed E-state index contributed by atoms with van der Waals surface area (Å²) >= 11 is 0. The summed E-state index contributed by atoms with van der Waals surface area (Å²) in [5.74, 6) is 0.255. The third kappa shape index (κ3) is 6.00. The van der Waals surface area contributed by atoms with Crippen LogP contribution in [0.2, 0.25) is 0 Å². The topological polar surface area (TPSA) is 55.4 Å². The second kappa shape index (κ2) is 7.43. The van der Waals surface area contributed by atoms with Gasteiger partial charge in [-0.05, 0) is 17.6 Å². The van der Waals surface area contributed by atoms with E-state index in [1.54, 1.807) is 13.2 Å². The van der Waals surface area contributed by atoms with Crippen LogP contribution in [0.1, 0.15) is 19.4 Å². The molecule has 0 spiro atoms. The lowest BCUT2D eigenvalue weighted by Gasteiger charge is -2.18. The summed E-state index contributed by atoms with van der Waals surface area (Å²) in [5.41, 5.74) is 0.847. The first-order valence-corrected chi connectivity index (χ1v) is 7.75. The maximum atomic E-state index is 11.8. The van der Waals surface area contributed by atoms with Gasteiger partial charge >= 0.3 is 0 Å². The van der Waals surface area contributed by atoms with E-state index in [0.717, 1.165) is 5.56 Å². The molecule has 0 amide bonds. The van der Waals surface area contributed by atoms with E-state index in [1.165, 1.54) is 5.41 Å². The zero-order chi connectivity index (χ0) is 14.3. The molecule has 0 radical (unpaired) electrons. The van der Waals surface area contributed by atoms with Gasteiger partial charge in [-0.25, -0.2) is 13.1 Å². The summed E-state index contributed by atoms with van der Waals surface area (Å²) in [7, 11) is -1.85. The molecule has 0 bridgehead atoms. The van der Waals surface area contributed by atoms with E-state index in [4.69, 9.17) is 4.74 Å². The quantitative estimate of drug-likeness (QED) is 0.835. The largest absolute Gasteiger partial charge is 0.380 e. The molecule has 5 heteroatoms. The lowest BCUT2D eigenvalue weighted by Crippen LogP contribution is -2.35. The second-order valence-corrected chi connectivity index (χ2v) is 6.28. The first-order chi connectivity index (χ1) is 8.94. The maximum absolute atomic E-state index is 11.8. The molecule has 1 N–H and O–H groups in total. The third-order valence-corrected chi connectivity index (χ3v) is 3.83. The highest BCUT2D eigenvalue weighted by molar-refractivity contribution is 7.92. The Kier molecular flexibility index (Phi) is 6.21. The lowest BCUT2D eigenvalue weighted by molar-refractivity contribution is 0.0692. The fourth-order valence-electron chi connectivity index (χ4n) is 1.57. The van der Waals surface area contributed by atoms with Crippen molar-refractivity contribution in [2.45, 2.75) is 20.0 Å². The summed E-state index contributed by atoms with van der Waals surface area (Å²) < 4.78 is 31.3. The molecule has 1 atom stereocenters. The molecule has 1 aromatic carbocycles. The Labute approximate surface area is 115 Å². The standard InChI is InChI=1S/C14H21NO3S/c1-12(2)14(18-3)11-15-19(16,17)10-9-13-7-5-4-6-8-13/h4-10,12,14-15H,11H2,1-3H3/b10-9-/t14-/m0/s1. The summed E-state index contributed by atoms with van der Waals surface area (Å²) in [6, 6.07) is 9.30. The average Bonchev–Trinajstić information content (AvgIpc) is 2.38. The monoisotopic (exact) mass is 283 g/mol. The summed E-state index contributed by atoms with van der Waals surface area (Å²) in [4.78, 5) is 0. The molecule has 0 aliphatic heterocycles. The lowest BCUT2D eigenvalue weighted by atomic mass is 10.1. The van der Waals surface area contributed by atoms with E-state index in [9.17, 15) is 8.42 Å². The molecule has 0 aromatic heterocycles. The van der Waals surface area contributed by atoms with E-state index < -0.39 is 10.0 Å². The number of nitrogens with one attached hydrogen (secondary N) is 1. The Bertz CT molecular complexity index is 495. The Morgan fingerprint density at radius 3 is 2.42 bits per heavy atom. The highest BCUT2D eigenvalue weighted by Gasteiger charge is 2.15. The van der Waals surface area contributed by atoms with Gasteiger partial charge in [-0.15, -0.1) is 0 Å². The number of methoxy groups -OCH3 is 1. The van der Waals surface area contributed by atoms with Crippen molar-refractivity contribution >= 4 is 16.1 Å². The molecule has 19 heavy (non-hydrogen) atoms. The SMILES string of the molecule is CO[C@@H](CNS(=O)(=O)/C=C\c1ccccc1)C(C)C. The molecule has 0 aliphatic carbocycles. The number of ether oxygens (including phenoxy) is 1. The first kappa shape index (κ1) is 15.9. The minimum atomic E-state index is -3.43. The van der Waals surface area contributed by atoms with Gasteiger partial charge in [0.25, 0.3) is 0 Å². The predicted molar refractivity (Wildman–Crippen MR) is 78.0 cm³/mol. The van der Waals surface area contributed by atoms with Crippen molar-refractivity contribution in [1.29, 1.82) is 0 Å². The van der Waals surface area contributed by atoms with Gasteiger partial charge in [-0.1, -0.05) is 44.2 Å². The minimum absolute atomic E-state index is 0.125. The van der Waals surface area contributed by atoms with E-state index in [0.29, 0.717) is 0 Å². The van der Waals surface area contributed by atoms with Gasteiger partial charge in [-0.3, -0.25) is 0 Å². The molecule has 0 saturated carbocycles. The molecule has 0 fully saturated rings. The van der Waals surface area contributed by atoms with Crippen molar-refractivity contribution in [2.75, 3.05) is 13.7 Å². The second-order valence-electron chi connectivity index (χ2n) is 4.63. The molecule has 1 rings (SSSR count). The van der Waals surface area contributed by atoms with Gasteiger partial charge in [0.15, 0.2) is 0 Å². The van der Waals surface area contributed by atoms with Gasteiger partial charge in [-0.2, -0.15) is 0 Å². The number of hydrogen-bond acceptors (Lipinski definition) is 3. The summed E-state index contributed by atoms with van der Waals surface area (Å²) in [5, 5.41) is 1.18. The van der Waals surface area contributed by atoms with Crippen LogP contribution >= 0.6 is 0 Å². The molecule has 0 heterocycles. The van der Waals surface area contributed by atoms with Crippen LogP contribution in [0.15, 0.2) is 35.7 Å². The summed E-state index contributed by atoms with van der Waals surface area (Å²) in [6.07, 6.45) is 1.44. The van der Waals surface area contributed by atoms with Crippen molar-refractivity contribution in [1.82, 2.24) is 4.72 Å². The van der Waals surface area contributed by atoms with Crippen LogP contribution < -0.4 is 4.72 Å². The molecular formula is C14H21NO3S.